The van der Waals surface area contributed by atoms with Gasteiger partial charge in [-0.3, -0.25) is 0 Å². The van der Waals surface area contributed by atoms with Crippen molar-refractivity contribution in [3.8, 4) is 5.75 Å². The molecule has 2 nitrogen and oxygen atoms in total. The van der Waals surface area contributed by atoms with Crippen molar-refractivity contribution in [1.29, 1.82) is 0 Å². The van der Waals surface area contributed by atoms with Crippen LogP contribution in [0.4, 0.5) is 13.2 Å². The highest BCUT2D eigenvalue weighted by Gasteiger charge is 2.31. The fourth-order valence-corrected chi connectivity index (χ4v) is 2.35. The zero-order valence-electron chi connectivity index (χ0n) is 10.8. The first-order chi connectivity index (χ1) is 8.98. The Bertz CT molecular complexity index is 396. The van der Waals surface area contributed by atoms with E-state index in [4.69, 9.17) is 4.74 Å². The zero-order chi connectivity index (χ0) is 13.9. The lowest BCUT2D eigenvalue weighted by molar-refractivity contribution is -0.133. The minimum absolute atomic E-state index is 0.0174. The predicted molar refractivity (Wildman–Crippen MR) is 67.4 cm³/mol. The topological polar surface area (TPSA) is 21.3 Å². The highest BCUT2D eigenvalue weighted by molar-refractivity contribution is 5.30. The summed E-state index contributed by atoms with van der Waals surface area (Å²) >= 11 is 0. The molecule has 0 heterocycles. The fraction of sp³-hybridized carbons (Fsp3) is 0.571. The van der Waals surface area contributed by atoms with E-state index in [1.807, 2.05) is 24.3 Å². The molecule has 0 radical (unpaired) electrons. The SMILES string of the molecule is COc1ccc(C2CC(NCCC(F)(F)F)C2)cc1. The van der Waals surface area contributed by atoms with Crippen molar-refractivity contribution >= 4 is 0 Å². The zero-order valence-corrected chi connectivity index (χ0v) is 10.8. The molecule has 0 spiro atoms. The van der Waals surface area contributed by atoms with Crippen LogP contribution in [0.15, 0.2) is 24.3 Å². The Morgan fingerprint density at radius 2 is 1.84 bits per heavy atom. The molecule has 1 aromatic rings. The van der Waals surface area contributed by atoms with Crippen LogP contribution < -0.4 is 10.1 Å². The van der Waals surface area contributed by atoms with Crippen LogP contribution in [0.3, 0.4) is 0 Å². The highest BCUT2D eigenvalue weighted by Crippen LogP contribution is 2.37. The van der Waals surface area contributed by atoms with Crippen molar-refractivity contribution in [2.75, 3.05) is 13.7 Å². The second-order valence-corrected chi connectivity index (χ2v) is 4.96. The summed E-state index contributed by atoms with van der Waals surface area (Å²) in [6.45, 7) is 0.0174. The highest BCUT2D eigenvalue weighted by atomic mass is 19.4. The van der Waals surface area contributed by atoms with Crippen molar-refractivity contribution < 1.29 is 17.9 Å². The van der Waals surface area contributed by atoms with Crippen LogP contribution >= 0.6 is 0 Å². The lowest BCUT2D eigenvalue weighted by Gasteiger charge is -2.36. The maximum Gasteiger partial charge on any atom is 0.390 e. The van der Waals surface area contributed by atoms with Crippen LogP contribution in [0.5, 0.6) is 5.75 Å². The van der Waals surface area contributed by atoms with Gasteiger partial charge in [0.1, 0.15) is 5.75 Å². The lowest BCUT2D eigenvalue weighted by Crippen LogP contribution is -2.41. The second kappa shape index (κ2) is 5.82. The molecule has 0 atom stereocenters. The number of hydrogen-bond donors (Lipinski definition) is 1. The van der Waals surface area contributed by atoms with Gasteiger partial charge in [0.15, 0.2) is 0 Å². The Labute approximate surface area is 111 Å². The maximum absolute atomic E-state index is 12.0. The number of hydrogen-bond acceptors (Lipinski definition) is 2. The molecule has 5 heteroatoms. The normalized spacial score (nSPS) is 22.9. The molecule has 1 aliphatic carbocycles. The largest absolute Gasteiger partial charge is 0.497 e. The Balaban J connectivity index is 1.70. The number of nitrogens with one attached hydrogen (secondary N) is 1. The van der Waals surface area contributed by atoms with Gasteiger partial charge in [-0.1, -0.05) is 12.1 Å². The molecular formula is C14H18F3NO. The summed E-state index contributed by atoms with van der Waals surface area (Å²) in [6, 6.07) is 8.10. The molecule has 0 saturated heterocycles. The van der Waals surface area contributed by atoms with E-state index in [1.165, 1.54) is 5.56 Å². The molecule has 1 saturated carbocycles. The summed E-state index contributed by atoms with van der Waals surface area (Å²) in [7, 11) is 1.62. The third-order valence-electron chi connectivity index (χ3n) is 3.57. The molecule has 1 N–H and O–H groups in total. The molecule has 19 heavy (non-hydrogen) atoms. The molecule has 0 unspecified atom stereocenters. The molecule has 1 aliphatic rings. The summed E-state index contributed by atoms with van der Waals surface area (Å²) < 4.78 is 41.1. The number of rotatable bonds is 5. The standard InChI is InChI=1S/C14H18F3NO/c1-19-13-4-2-10(3-5-13)11-8-12(9-11)18-7-6-14(15,16)17/h2-5,11-12,18H,6-9H2,1H3. The van der Waals surface area contributed by atoms with Crippen LogP contribution in [-0.2, 0) is 0 Å². The molecule has 0 aromatic heterocycles. The van der Waals surface area contributed by atoms with E-state index in [0.29, 0.717) is 5.92 Å². The summed E-state index contributed by atoms with van der Waals surface area (Å²) in [4.78, 5) is 0. The molecule has 1 aromatic carbocycles. The summed E-state index contributed by atoms with van der Waals surface area (Å²) in [5, 5.41) is 2.95. The minimum atomic E-state index is -4.06. The van der Waals surface area contributed by atoms with Gasteiger partial charge in [-0.15, -0.1) is 0 Å². The van der Waals surface area contributed by atoms with E-state index >= 15 is 0 Å². The minimum Gasteiger partial charge on any atom is -0.497 e. The van der Waals surface area contributed by atoms with Crippen LogP contribution in [0, 0.1) is 0 Å². The van der Waals surface area contributed by atoms with Gasteiger partial charge >= 0.3 is 6.18 Å². The van der Waals surface area contributed by atoms with Crippen molar-refractivity contribution in [2.45, 2.75) is 37.4 Å². The van der Waals surface area contributed by atoms with E-state index in [-0.39, 0.29) is 12.6 Å². The molecular weight excluding hydrogens is 255 g/mol. The van der Waals surface area contributed by atoms with Gasteiger partial charge in [-0.25, -0.2) is 0 Å². The van der Waals surface area contributed by atoms with Gasteiger partial charge in [0.25, 0.3) is 0 Å². The summed E-state index contributed by atoms with van der Waals surface area (Å²) in [6.07, 6.45) is -3.00. The van der Waals surface area contributed by atoms with Crippen LogP contribution in [0.1, 0.15) is 30.7 Å². The van der Waals surface area contributed by atoms with Gasteiger partial charge in [0, 0.05) is 12.6 Å². The van der Waals surface area contributed by atoms with Crippen LogP contribution in [0.2, 0.25) is 0 Å². The van der Waals surface area contributed by atoms with E-state index in [1.54, 1.807) is 7.11 Å². The number of ether oxygens (including phenoxy) is 1. The first-order valence-corrected chi connectivity index (χ1v) is 6.42. The van der Waals surface area contributed by atoms with E-state index in [2.05, 4.69) is 5.32 Å². The Hall–Kier alpha value is -1.23. The van der Waals surface area contributed by atoms with E-state index < -0.39 is 12.6 Å². The second-order valence-electron chi connectivity index (χ2n) is 4.96. The fourth-order valence-electron chi connectivity index (χ4n) is 2.35. The molecule has 106 valence electrons. The first kappa shape index (κ1) is 14.2. The molecule has 0 aliphatic heterocycles. The van der Waals surface area contributed by atoms with Gasteiger partial charge in [0.05, 0.1) is 13.5 Å². The number of methoxy groups -OCH3 is 1. The van der Waals surface area contributed by atoms with Crippen molar-refractivity contribution in [2.24, 2.45) is 0 Å². The van der Waals surface area contributed by atoms with E-state index in [0.717, 1.165) is 18.6 Å². The van der Waals surface area contributed by atoms with E-state index in [9.17, 15) is 13.2 Å². The average Bonchev–Trinajstić information content (AvgIpc) is 2.31. The van der Waals surface area contributed by atoms with Crippen molar-refractivity contribution in [3.05, 3.63) is 29.8 Å². The molecule has 0 amide bonds. The molecule has 2 rings (SSSR count). The molecule has 1 fully saturated rings. The Morgan fingerprint density at radius 3 is 2.37 bits per heavy atom. The van der Waals surface area contributed by atoms with Gasteiger partial charge in [0.2, 0.25) is 0 Å². The number of alkyl halides is 3. The smallest absolute Gasteiger partial charge is 0.390 e. The van der Waals surface area contributed by atoms with Crippen LogP contribution in [0.25, 0.3) is 0 Å². The summed E-state index contributed by atoms with van der Waals surface area (Å²) in [5.41, 5.74) is 1.23. The van der Waals surface area contributed by atoms with Crippen molar-refractivity contribution in [1.82, 2.24) is 5.32 Å². The lowest BCUT2D eigenvalue weighted by atomic mass is 9.76. The van der Waals surface area contributed by atoms with Gasteiger partial charge in [-0.05, 0) is 36.5 Å². The van der Waals surface area contributed by atoms with Gasteiger partial charge in [-0.2, -0.15) is 13.2 Å². The Morgan fingerprint density at radius 1 is 1.21 bits per heavy atom. The maximum atomic E-state index is 12.0. The first-order valence-electron chi connectivity index (χ1n) is 6.42. The van der Waals surface area contributed by atoms with Gasteiger partial charge < -0.3 is 10.1 Å². The number of halogens is 3. The third kappa shape index (κ3) is 4.13. The monoisotopic (exact) mass is 273 g/mol. The quantitative estimate of drug-likeness (QED) is 0.886. The Kier molecular flexibility index (Phi) is 4.34. The third-order valence-corrected chi connectivity index (χ3v) is 3.57. The van der Waals surface area contributed by atoms with Crippen molar-refractivity contribution in [3.63, 3.8) is 0 Å². The summed E-state index contributed by atoms with van der Waals surface area (Å²) in [5.74, 6) is 1.28. The predicted octanol–water partition coefficient (Wildman–Crippen LogP) is 3.48. The average molecular weight is 273 g/mol. The number of benzene rings is 1. The van der Waals surface area contributed by atoms with Crippen LogP contribution in [-0.4, -0.2) is 25.9 Å². The molecule has 0 bridgehead atoms.